The number of hydrogen-bond donors (Lipinski definition) is 1. The number of benzene rings is 1. The maximum atomic E-state index is 13.1. The van der Waals surface area contributed by atoms with E-state index in [4.69, 9.17) is 0 Å². The summed E-state index contributed by atoms with van der Waals surface area (Å²) in [6.45, 7) is 2.04. The van der Waals surface area contributed by atoms with Gasteiger partial charge in [0.1, 0.15) is 5.82 Å². The highest BCUT2D eigenvalue weighted by molar-refractivity contribution is 5.62. The van der Waals surface area contributed by atoms with E-state index in [0.717, 1.165) is 18.9 Å². The Hall–Kier alpha value is -2.77. The zero-order valence-corrected chi connectivity index (χ0v) is 13.9. The van der Waals surface area contributed by atoms with Crippen LogP contribution < -0.4 is 0 Å². The summed E-state index contributed by atoms with van der Waals surface area (Å²) in [5.41, 5.74) is 0.750. The van der Waals surface area contributed by atoms with Gasteiger partial charge in [-0.3, -0.25) is 5.10 Å². The van der Waals surface area contributed by atoms with Gasteiger partial charge in [0.15, 0.2) is 11.5 Å². The van der Waals surface area contributed by atoms with Crippen LogP contribution in [0.25, 0.3) is 22.8 Å². The van der Waals surface area contributed by atoms with Crippen LogP contribution in [0.15, 0.2) is 36.4 Å². The van der Waals surface area contributed by atoms with E-state index in [1.54, 1.807) is 6.07 Å². The molecular weight excluding hydrogens is 348 g/mol. The van der Waals surface area contributed by atoms with Crippen molar-refractivity contribution in [3.05, 3.63) is 53.6 Å². The summed E-state index contributed by atoms with van der Waals surface area (Å²) in [5.74, 6) is -0.0590. The molecule has 2 aromatic heterocycles. The minimum absolute atomic E-state index is 0.154. The lowest BCUT2D eigenvalue weighted by Crippen LogP contribution is -2.04. The van der Waals surface area contributed by atoms with Gasteiger partial charge in [0.05, 0.1) is 11.4 Å². The molecule has 0 atom stereocenters. The zero-order valence-electron chi connectivity index (χ0n) is 13.9. The number of halogens is 4. The summed E-state index contributed by atoms with van der Waals surface area (Å²) in [7, 11) is 0. The standard InChI is InChI=1S/C18H16F4N4/c1-2-3-4-13-9-14(15-10-16(26-25-15)18(20,21)22)24-17(23-13)11-5-7-12(19)8-6-11/h5-10H,2-4H2,1H3,(H,25,26). The highest BCUT2D eigenvalue weighted by atomic mass is 19.4. The Labute approximate surface area is 147 Å². The molecule has 0 unspecified atom stereocenters. The lowest BCUT2D eigenvalue weighted by atomic mass is 10.1. The molecule has 1 aromatic carbocycles. The first-order chi connectivity index (χ1) is 12.4. The number of unbranched alkanes of at least 4 members (excludes halogenated alkanes) is 1. The molecule has 0 aliphatic heterocycles. The van der Waals surface area contributed by atoms with Crippen LogP contribution >= 0.6 is 0 Å². The van der Waals surface area contributed by atoms with Crippen molar-refractivity contribution in [3.8, 4) is 22.8 Å². The quantitative estimate of drug-likeness (QED) is 0.646. The molecule has 0 aliphatic carbocycles. The highest BCUT2D eigenvalue weighted by Gasteiger charge is 2.34. The predicted octanol–water partition coefficient (Wildman–Crippen LogP) is 5.03. The van der Waals surface area contributed by atoms with Crippen molar-refractivity contribution < 1.29 is 17.6 Å². The summed E-state index contributed by atoms with van der Waals surface area (Å²) in [6.07, 6.45) is -2.03. The van der Waals surface area contributed by atoms with Crippen LogP contribution in [0.3, 0.4) is 0 Å². The molecular formula is C18H16F4N4. The molecule has 0 aliphatic rings. The van der Waals surface area contributed by atoms with Crippen LogP contribution in [0, 0.1) is 5.82 Å². The first kappa shape index (κ1) is 18.0. The molecule has 8 heteroatoms. The van der Waals surface area contributed by atoms with Crippen LogP contribution in [-0.2, 0) is 12.6 Å². The topological polar surface area (TPSA) is 54.5 Å². The van der Waals surface area contributed by atoms with Crippen LogP contribution in [0.1, 0.15) is 31.2 Å². The number of hydrogen-bond acceptors (Lipinski definition) is 3. The van der Waals surface area contributed by atoms with Gasteiger partial charge in [0.2, 0.25) is 0 Å². The van der Waals surface area contributed by atoms with Crippen molar-refractivity contribution in [1.82, 2.24) is 20.2 Å². The predicted molar refractivity (Wildman–Crippen MR) is 88.6 cm³/mol. The number of aryl methyl sites for hydroxylation is 1. The van der Waals surface area contributed by atoms with E-state index >= 15 is 0 Å². The molecule has 0 saturated heterocycles. The third kappa shape index (κ3) is 4.07. The van der Waals surface area contributed by atoms with E-state index in [9.17, 15) is 17.6 Å². The minimum atomic E-state index is -4.54. The van der Waals surface area contributed by atoms with Gasteiger partial charge in [-0.1, -0.05) is 13.3 Å². The fraction of sp³-hybridized carbons (Fsp3) is 0.278. The molecule has 0 amide bonds. The van der Waals surface area contributed by atoms with Gasteiger partial charge in [-0.25, -0.2) is 14.4 Å². The summed E-state index contributed by atoms with van der Waals surface area (Å²) >= 11 is 0. The number of H-pyrrole nitrogens is 1. The van der Waals surface area contributed by atoms with Gasteiger partial charge in [0.25, 0.3) is 0 Å². The Balaban J connectivity index is 2.05. The number of nitrogens with one attached hydrogen (secondary N) is 1. The van der Waals surface area contributed by atoms with Crippen LogP contribution in [0.4, 0.5) is 17.6 Å². The molecule has 1 N–H and O–H groups in total. The second kappa shape index (κ2) is 7.23. The van der Waals surface area contributed by atoms with E-state index in [1.807, 2.05) is 6.92 Å². The van der Waals surface area contributed by atoms with Gasteiger partial charge in [0, 0.05) is 11.3 Å². The largest absolute Gasteiger partial charge is 0.435 e. The number of aromatic nitrogens is 4. The maximum absolute atomic E-state index is 13.1. The van der Waals surface area contributed by atoms with Crippen LogP contribution in [-0.4, -0.2) is 20.2 Å². The molecule has 3 aromatic rings. The molecule has 136 valence electrons. The van der Waals surface area contributed by atoms with Crippen molar-refractivity contribution in [2.75, 3.05) is 0 Å². The molecule has 0 saturated carbocycles. The maximum Gasteiger partial charge on any atom is 0.435 e. The summed E-state index contributed by atoms with van der Waals surface area (Å²) < 4.78 is 51.5. The summed E-state index contributed by atoms with van der Waals surface area (Å²) in [4.78, 5) is 8.80. The van der Waals surface area contributed by atoms with E-state index in [0.29, 0.717) is 29.2 Å². The zero-order chi connectivity index (χ0) is 18.7. The first-order valence-electron chi connectivity index (χ1n) is 8.13. The Morgan fingerprint density at radius 1 is 1.04 bits per heavy atom. The van der Waals surface area contributed by atoms with Gasteiger partial charge in [-0.2, -0.15) is 18.3 Å². The Morgan fingerprint density at radius 2 is 1.77 bits per heavy atom. The van der Waals surface area contributed by atoms with Crippen molar-refractivity contribution in [1.29, 1.82) is 0 Å². The Bertz CT molecular complexity index is 885. The molecule has 4 nitrogen and oxygen atoms in total. The number of rotatable bonds is 5. The number of nitrogens with zero attached hydrogens (tertiary/aromatic N) is 3. The van der Waals surface area contributed by atoms with Gasteiger partial charge < -0.3 is 0 Å². The van der Waals surface area contributed by atoms with Gasteiger partial charge in [-0.15, -0.1) is 0 Å². The SMILES string of the molecule is CCCCc1cc(-c2cc(C(F)(F)F)n[nH]2)nc(-c2ccc(F)cc2)n1. The second-order valence-corrected chi connectivity index (χ2v) is 5.84. The van der Waals surface area contributed by atoms with E-state index in [1.165, 1.54) is 24.3 Å². The monoisotopic (exact) mass is 364 g/mol. The molecule has 2 heterocycles. The van der Waals surface area contributed by atoms with Gasteiger partial charge in [-0.05, 0) is 49.2 Å². The summed E-state index contributed by atoms with van der Waals surface area (Å²) in [5, 5.41) is 5.69. The van der Waals surface area contributed by atoms with E-state index in [-0.39, 0.29) is 11.5 Å². The average Bonchev–Trinajstić information content (AvgIpc) is 3.11. The smallest absolute Gasteiger partial charge is 0.276 e. The van der Waals surface area contributed by atoms with Crippen molar-refractivity contribution in [2.45, 2.75) is 32.4 Å². The third-order valence-electron chi connectivity index (χ3n) is 3.81. The molecule has 0 bridgehead atoms. The lowest BCUT2D eigenvalue weighted by Gasteiger charge is -2.07. The van der Waals surface area contributed by atoms with Crippen LogP contribution in [0.2, 0.25) is 0 Å². The van der Waals surface area contributed by atoms with E-state index < -0.39 is 11.9 Å². The molecule has 0 spiro atoms. The highest BCUT2D eigenvalue weighted by Crippen LogP contribution is 2.30. The third-order valence-corrected chi connectivity index (χ3v) is 3.81. The number of alkyl halides is 3. The van der Waals surface area contributed by atoms with E-state index in [2.05, 4.69) is 20.2 Å². The minimum Gasteiger partial charge on any atom is -0.276 e. The van der Waals surface area contributed by atoms with Crippen molar-refractivity contribution >= 4 is 0 Å². The molecule has 0 radical (unpaired) electrons. The average molecular weight is 364 g/mol. The Morgan fingerprint density at radius 3 is 2.38 bits per heavy atom. The number of aromatic amines is 1. The molecule has 3 rings (SSSR count). The van der Waals surface area contributed by atoms with Crippen LogP contribution in [0.5, 0.6) is 0 Å². The normalized spacial score (nSPS) is 11.7. The second-order valence-electron chi connectivity index (χ2n) is 5.84. The first-order valence-corrected chi connectivity index (χ1v) is 8.13. The fourth-order valence-corrected chi connectivity index (χ4v) is 2.45. The Kier molecular flexibility index (Phi) is 5.01. The fourth-order valence-electron chi connectivity index (χ4n) is 2.45. The van der Waals surface area contributed by atoms with Crippen molar-refractivity contribution in [3.63, 3.8) is 0 Å². The lowest BCUT2D eigenvalue weighted by molar-refractivity contribution is -0.141. The molecule has 0 fully saturated rings. The summed E-state index contributed by atoms with van der Waals surface area (Å²) in [6, 6.07) is 8.21. The van der Waals surface area contributed by atoms with Crippen molar-refractivity contribution in [2.24, 2.45) is 0 Å². The molecule has 26 heavy (non-hydrogen) atoms. The van der Waals surface area contributed by atoms with Gasteiger partial charge >= 0.3 is 6.18 Å².